The molecule has 0 atom stereocenters. The summed E-state index contributed by atoms with van der Waals surface area (Å²) in [5.41, 5.74) is 8.14. The minimum atomic E-state index is 0.602. The third-order valence-corrected chi connectivity index (χ3v) is 3.20. The van der Waals surface area contributed by atoms with Gasteiger partial charge in [0.15, 0.2) is 5.58 Å². The molecule has 1 aromatic carbocycles. The Kier molecular flexibility index (Phi) is 2.65. The average Bonchev–Trinajstić information content (AvgIpc) is 3.05. The molecule has 0 unspecified atom stereocenters. The monoisotopic (exact) mass is 245 g/mol. The Balaban J connectivity index is 1.95. The molecule has 1 aliphatic carbocycles. The second-order valence-electron chi connectivity index (χ2n) is 5.50. The second kappa shape index (κ2) is 4.19. The van der Waals surface area contributed by atoms with E-state index in [9.17, 15) is 0 Å². The summed E-state index contributed by atoms with van der Waals surface area (Å²) in [7, 11) is 0. The molecule has 0 aliphatic heterocycles. The van der Waals surface area contributed by atoms with Crippen molar-refractivity contribution in [3.8, 4) is 0 Å². The number of oxazole rings is 1. The Hall–Kier alpha value is -1.71. The Bertz CT molecular complexity index is 557. The van der Waals surface area contributed by atoms with Gasteiger partial charge in [-0.15, -0.1) is 0 Å². The molecule has 2 N–H and O–H groups in total. The number of hydrogen-bond acceptors (Lipinski definition) is 4. The van der Waals surface area contributed by atoms with E-state index in [1.54, 1.807) is 0 Å². The molecule has 1 aliphatic rings. The van der Waals surface area contributed by atoms with E-state index < -0.39 is 0 Å². The Labute approximate surface area is 107 Å². The Morgan fingerprint density at radius 1 is 1.44 bits per heavy atom. The molecule has 1 saturated carbocycles. The van der Waals surface area contributed by atoms with E-state index in [0.717, 1.165) is 23.7 Å². The summed E-state index contributed by atoms with van der Waals surface area (Å²) in [4.78, 5) is 6.86. The maximum absolute atomic E-state index is 5.85. The van der Waals surface area contributed by atoms with Gasteiger partial charge in [-0.3, -0.25) is 0 Å². The molecule has 0 saturated heterocycles. The highest BCUT2D eigenvalue weighted by Gasteiger charge is 2.32. The highest BCUT2D eigenvalue weighted by atomic mass is 16.4. The van der Waals surface area contributed by atoms with Crippen LogP contribution in [-0.4, -0.2) is 17.6 Å². The molecule has 18 heavy (non-hydrogen) atoms. The van der Waals surface area contributed by atoms with E-state index in [1.165, 1.54) is 12.8 Å². The SMILES string of the molecule is CC(C)CN(c1nc2ccc(N)cc2o1)C1CC1. The third kappa shape index (κ3) is 2.15. The van der Waals surface area contributed by atoms with Gasteiger partial charge in [-0.05, 0) is 30.9 Å². The number of nitrogen functional groups attached to an aromatic ring is 1. The summed E-state index contributed by atoms with van der Waals surface area (Å²) in [5.74, 6) is 0.602. The number of fused-ring (bicyclic) bond motifs is 1. The molecule has 0 radical (unpaired) electrons. The first-order valence-electron chi connectivity index (χ1n) is 6.56. The van der Waals surface area contributed by atoms with Crippen molar-refractivity contribution in [2.24, 2.45) is 5.92 Å². The van der Waals surface area contributed by atoms with Crippen LogP contribution in [0.2, 0.25) is 0 Å². The molecular formula is C14H19N3O. The zero-order chi connectivity index (χ0) is 12.7. The molecule has 4 heteroatoms. The van der Waals surface area contributed by atoms with Gasteiger partial charge in [-0.25, -0.2) is 0 Å². The summed E-state index contributed by atoms with van der Waals surface area (Å²) in [6.07, 6.45) is 2.49. The minimum Gasteiger partial charge on any atom is -0.423 e. The lowest BCUT2D eigenvalue weighted by atomic mass is 10.2. The van der Waals surface area contributed by atoms with E-state index in [2.05, 4.69) is 23.7 Å². The van der Waals surface area contributed by atoms with Gasteiger partial charge in [0.1, 0.15) is 5.52 Å². The van der Waals surface area contributed by atoms with Crippen molar-refractivity contribution < 1.29 is 4.42 Å². The lowest BCUT2D eigenvalue weighted by Gasteiger charge is -2.21. The van der Waals surface area contributed by atoms with E-state index in [4.69, 9.17) is 10.2 Å². The van der Waals surface area contributed by atoms with Gasteiger partial charge >= 0.3 is 0 Å². The fourth-order valence-electron chi connectivity index (χ4n) is 2.21. The van der Waals surface area contributed by atoms with Gasteiger partial charge in [0.2, 0.25) is 0 Å². The first kappa shape index (κ1) is 11.4. The molecule has 0 amide bonds. The molecule has 0 spiro atoms. The molecular weight excluding hydrogens is 226 g/mol. The fraction of sp³-hybridized carbons (Fsp3) is 0.500. The van der Waals surface area contributed by atoms with Gasteiger partial charge in [0.05, 0.1) is 0 Å². The second-order valence-corrected chi connectivity index (χ2v) is 5.50. The van der Waals surface area contributed by atoms with E-state index in [-0.39, 0.29) is 0 Å². The minimum absolute atomic E-state index is 0.602. The van der Waals surface area contributed by atoms with Crippen LogP contribution in [0.1, 0.15) is 26.7 Å². The number of rotatable bonds is 4. The van der Waals surface area contributed by atoms with Crippen LogP contribution in [0.25, 0.3) is 11.1 Å². The zero-order valence-corrected chi connectivity index (χ0v) is 10.9. The molecule has 1 heterocycles. The smallest absolute Gasteiger partial charge is 0.298 e. The predicted molar refractivity (Wildman–Crippen MR) is 73.6 cm³/mol. The van der Waals surface area contributed by atoms with E-state index in [0.29, 0.717) is 17.6 Å². The van der Waals surface area contributed by atoms with Crippen molar-refractivity contribution in [1.29, 1.82) is 0 Å². The van der Waals surface area contributed by atoms with Crippen LogP contribution in [0.5, 0.6) is 0 Å². The Morgan fingerprint density at radius 2 is 2.22 bits per heavy atom. The summed E-state index contributed by atoms with van der Waals surface area (Å²) < 4.78 is 5.85. The summed E-state index contributed by atoms with van der Waals surface area (Å²) in [5, 5.41) is 0. The summed E-state index contributed by atoms with van der Waals surface area (Å²) in [6.45, 7) is 5.43. The molecule has 1 fully saturated rings. The standard InChI is InChI=1S/C14H19N3O/c1-9(2)8-17(11-4-5-11)14-16-12-6-3-10(15)7-13(12)18-14/h3,6-7,9,11H,4-5,8,15H2,1-2H3. The lowest BCUT2D eigenvalue weighted by Crippen LogP contribution is -2.29. The number of hydrogen-bond donors (Lipinski definition) is 1. The quantitative estimate of drug-likeness (QED) is 0.841. The maximum Gasteiger partial charge on any atom is 0.298 e. The van der Waals surface area contributed by atoms with Crippen LogP contribution in [-0.2, 0) is 0 Å². The van der Waals surface area contributed by atoms with Crippen molar-refractivity contribution in [1.82, 2.24) is 4.98 Å². The maximum atomic E-state index is 5.85. The number of benzene rings is 1. The Morgan fingerprint density at radius 3 is 2.89 bits per heavy atom. The molecule has 96 valence electrons. The van der Waals surface area contributed by atoms with Gasteiger partial charge in [-0.1, -0.05) is 13.8 Å². The first-order chi connectivity index (χ1) is 8.63. The van der Waals surface area contributed by atoms with Crippen LogP contribution >= 0.6 is 0 Å². The number of anilines is 2. The van der Waals surface area contributed by atoms with E-state index in [1.807, 2.05) is 18.2 Å². The number of aromatic nitrogens is 1. The topological polar surface area (TPSA) is 55.3 Å². The molecule has 3 rings (SSSR count). The molecule has 2 aromatic rings. The van der Waals surface area contributed by atoms with Crippen LogP contribution in [0, 0.1) is 5.92 Å². The first-order valence-corrected chi connectivity index (χ1v) is 6.56. The fourth-order valence-corrected chi connectivity index (χ4v) is 2.21. The van der Waals surface area contributed by atoms with Crippen LogP contribution in [0.3, 0.4) is 0 Å². The predicted octanol–water partition coefficient (Wildman–Crippen LogP) is 3.03. The zero-order valence-electron chi connectivity index (χ0n) is 10.9. The summed E-state index contributed by atoms with van der Waals surface area (Å²) in [6, 6.07) is 6.97. The largest absolute Gasteiger partial charge is 0.423 e. The third-order valence-electron chi connectivity index (χ3n) is 3.20. The number of nitrogens with two attached hydrogens (primary N) is 1. The van der Waals surface area contributed by atoms with Gasteiger partial charge < -0.3 is 15.1 Å². The van der Waals surface area contributed by atoms with Crippen molar-refractivity contribution in [3.63, 3.8) is 0 Å². The highest BCUT2D eigenvalue weighted by molar-refractivity contribution is 5.78. The van der Waals surface area contributed by atoms with Crippen molar-refractivity contribution in [2.45, 2.75) is 32.7 Å². The molecule has 1 aromatic heterocycles. The summed E-state index contributed by atoms with van der Waals surface area (Å²) >= 11 is 0. The van der Waals surface area contributed by atoms with Crippen molar-refractivity contribution in [2.75, 3.05) is 17.2 Å². The molecule has 0 bridgehead atoms. The van der Waals surface area contributed by atoms with Crippen LogP contribution in [0.15, 0.2) is 22.6 Å². The van der Waals surface area contributed by atoms with Gasteiger partial charge in [0, 0.05) is 24.3 Å². The normalized spacial score (nSPS) is 15.5. The number of nitrogens with zero attached hydrogens (tertiary/aromatic N) is 2. The van der Waals surface area contributed by atoms with E-state index >= 15 is 0 Å². The van der Waals surface area contributed by atoms with Crippen molar-refractivity contribution in [3.05, 3.63) is 18.2 Å². The average molecular weight is 245 g/mol. The molecule has 4 nitrogen and oxygen atoms in total. The lowest BCUT2D eigenvalue weighted by molar-refractivity contribution is 0.525. The van der Waals surface area contributed by atoms with Crippen molar-refractivity contribution >= 4 is 22.8 Å². The highest BCUT2D eigenvalue weighted by Crippen LogP contribution is 2.33. The van der Waals surface area contributed by atoms with Crippen LogP contribution < -0.4 is 10.6 Å². The van der Waals surface area contributed by atoms with Crippen LogP contribution in [0.4, 0.5) is 11.7 Å². The van der Waals surface area contributed by atoms with Gasteiger partial charge in [-0.2, -0.15) is 4.98 Å². The van der Waals surface area contributed by atoms with Gasteiger partial charge in [0.25, 0.3) is 6.01 Å².